The Morgan fingerprint density at radius 1 is 1.37 bits per heavy atom. The average molecular weight is 330 g/mol. The van der Waals surface area contributed by atoms with Gasteiger partial charge >= 0.3 is 0 Å². The lowest BCUT2D eigenvalue weighted by atomic mass is 9.74. The summed E-state index contributed by atoms with van der Waals surface area (Å²) in [5.41, 5.74) is 0.877. The lowest BCUT2D eigenvalue weighted by Crippen LogP contribution is -2.38. The summed E-state index contributed by atoms with van der Waals surface area (Å²) < 4.78 is 14.8. The fraction of sp³-hybridized carbons (Fsp3) is 0.625. The number of halogens is 2. The molecule has 3 heteroatoms. The SMILES string of the molecule is CCCNCC(C)(Cc1ccc(Br)cc1F)C(C)C. The highest BCUT2D eigenvalue weighted by molar-refractivity contribution is 9.10. The molecule has 1 unspecified atom stereocenters. The van der Waals surface area contributed by atoms with E-state index in [4.69, 9.17) is 0 Å². The molecular formula is C16H25BrFN. The fourth-order valence-corrected chi connectivity index (χ4v) is 2.45. The molecule has 0 amide bonds. The molecule has 1 aromatic carbocycles. The molecule has 0 saturated carbocycles. The number of hydrogen-bond acceptors (Lipinski definition) is 1. The first kappa shape index (κ1) is 16.6. The van der Waals surface area contributed by atoms with E-state index in [9.17, 15) is 4.39 Å². The largest absolute Gasteiger partial charge is 0.316 e. The summed E-state index contributed by atoms with van der Waals surface area (Å²) in [6.07, 6.45) is 1.89. The number of nitrogens with one attached hydrogen (secondary N) is 1. The number of benzene rings is 1. The van der Waals surface area contributed by atoms with Crippen LogP contribution in [0.25, 0.3) is 0 Å². The molecule has 0 heterocycles. The van der Waals surface area contributed by atoms with Crippen molar-refractivity contribution in [2.45, 2.75) is 40.5 Å². The Morgan fingerprint density at radius 2 is 2.05 bits per heavy atom. The maximum Gasteiger partial charge on any atom is 0.127 e. The van der Waals surface area contributed by atoms with E-state index in [1.807, 2.05) is 12.1 Å². The average Bonchev–Trinajstić information content (AvgIpc) is 2.33. The van der Waals surface area contributed by atoms with Crippen molar-refractivity contribution in [2.75, 3.05) is 13.1 Å². The first-order valence-electron chi connectivity index (χ1n) is 7.03. The number of rotatable bonds is 7. The van der Waals surface area contributed by atoms with E-state index < -0.39 is 0 Å². The van der Waals surface area contributed by atoms with E-state index in [0.29, 0.717) is 5.92 Å². The van der Waals surface area contributed by atoms with Crippen LogP contribution in [0.2, 0.25) is 0 Å². The van der Waals surface area contributed by atoms with Gasteiger partial charge in [-0.1, -0.05) is 49.7 Å². The van der Waals surface area contributed by atoms with Gasteiger partial charge in [0.25, 0.3) is 0 Å². The zero-order chi connectivity index (χ0) is 14.5. The van der Waals surface area contributed by atoms with Gasteiger partial charge in [0.1, 0.15) is 5.82 Å². The Bertz CT molecular complexity index is 406. The molecule has 0 radical (unpaired) electrons. The molecule has 19 heavy (non-hydrogen) atoms. The van der Waals surface area contributed by atoms with Crippen LogP contribution in [0.15, 0.2) is 22.7 Å². The third-order valence-corrected chi connectivity index (χ3v) is 4.45. The van der Waals surface area contributed by atoms with Gasteiger partial charge in [-0.3, -0.25) is 0 Å². The third-order valence-electron chi connectivity index (χ3n) is 3.96. The van der Waals surface area contributed by atoms with Crippen LogP contribution in [0.5, 0.6) is 0 Å². The molecule has 1 nitrogen and oxygen atoms in total. The van der Waals surface area contributed by atoms with Crippen molar-refractivity contribution in [2.24, 2.45) is 11.3 Å². The number of hydrogen-bond donors (Lipinski definition) is 1. The Morgan fingerprint density at radius 3 is 2.58 bits per heavy atom. The fourth-order valence-electron chi connectivity index (χ4n) is 2.12. The molecule has 0 aliphatic rings. The molecule has 108 valence electrons. The normalized spacial score (nSPS) is 14.7. The lowest BCUT2D eigenvalue weighted by Gasteiger charge is -2.34. The van der Waals surface area contributed by atoms with Gasteiger partial charge in [0.15, 0.2) is 0 Å². The molecule has 1 aromatic rings. The summed E-state index contributed by atoms with van der Waals surface area (Å²) in [5.74, 6) is 0.386. The van der Waals surface area contributed by atoms with E-state index in [2.05, 4.69) is 48.9 Å². The smallest absolute Gasteiger partial charge is 0.127 e. The van der Waals surface area contributed by atoms with Gasteiger partial charge < -0.3 is 5.32 Å². The second-order valence-electron chi connectivity index (χ2n) is 5.90. The molecule has 1 N–H and O–H groups in total. The second kappa shape index (κ2) is 7.39. The van der Waals surface area contributed by atoms with Crippen LogP contribution in [-0.2, 0) is 6.42 Å². The van der Waals surface area contributed by atoms with Crippen molar-refractivity contribution in [3.63, 3.8) is 0 Å². The molecule has 0 saturated heterocycles. The van der Waals surface area contributed by atoms with E-state index in [1.54, 1.807) is 6.07 Å². The molecular weight excluding hydrogens is 305 g/mol. The highest BCUT2D eigenvalue weighted by Crippen LogP contribution is 2.32. The lowest BCUT2D eigenvalue weighted by molar-refractivity contribution is 0.205. The highest BCUT2D eigenvalue weighted by atomic mass is 79.9. The van der Waals surface area contributed by atoms with Crippen LogP contribution >= 0.6 is 15.9 Å². The van der Waals surface area contributed by atoms with Crippen LogP contribution in [0.3, 0.4) is 0 Å². The molecule has 0 fully saturated rings. The first-order chi connectivity index (χ1) is 8.89. The van der Waals surface area contributed by atoms with E-state index in [-0.39, 0.29) is 11.2 Å². The maximum atomic E-state index is 14.0. The Balaban J connectivity index is 2.82. The Hall–Kier alpha value is -0.410. The summed E-state index contributed by atoms with van der Waals surface area (Å²) in [5, 5.41) is 3.48. The van der Waals surface area contributed by atoms with Crippen LogP contribution < -0.4 is 5.32 Å². The molecule has 1 atom stereocenters. The van der Waals surface area contributed by atoms with E-state index >= 15 is 0 Å². The van der Waals surface area contributed by atoms with Crippen LogP contribution in [-0.4, -0.2) is 13.1 Å². The zero-order valence-corrected chi connectivity index (χ0v) is 14.0. The molecule has 1 rings (SSSR count). The van der Waals surface area contributed by atoms with E-state index in [1.165, 1.54) is 0 Å². The second-order valence-corrected chi connectivity index (χ2v) is 6.81. The van der Waals surface area contributed by atoms with Gasteiger partial charge in [0, 0.05) is 11.0 Å². The van der Waals surface area contributed by atoms with E-state index in [0.717, 1.165) is 36.0 Å². The van der Waals surface area contributed by atoms with Crippen molar-refractivity contribution in [1.29, 1.82) is 0 Å². The minimum Gasteiger partial charge on any atom is -0.316 e. The predicted molar refractivity (Wildman–Crippen MR) is 83.9 cm³/mol. The van der Waals surface area contributed by atoms with Gasteiger partial charge in [0.2, 0.25) is 0 Å². The summed E-state index contributed by atoms with van der Waals surface area (Å²) in [6, 6.07) is 5.36. The molecule has 0 aromatic heterocycles. The van der Waals surface area contributed by atoms with Crippen LogP contribution in [0.1, 0.15) is 39.7 Å². The van der Waals surface area contributed by atoms with Crippen LogP contribution in [0, 0.1) is 17.2 Å². The quantitative estimate of drug-likeness (QED) is 0.709. The molecule has 0 bridgehead atoms. The molecule has 0 aliphatic heterocycles. The van der Waals surface area contributed by atoms with Crippen molar-refractivity contribution in [3.8, 4) is 0 Å². The monoisotopic (exact) mass is 329 g/mol. The minimum atomic E-state index is -0.114. The highest BCUT2D eigenvalue weighted by Gasteiger charge is 2.29. The Labute approximate surface area is 125 Å². The summed E-state index contributed by atoms with van der Waals surface area (Å²) in [7, 11) is 0. The predicted octanol–water partition coefficient (Wildman–Crippen LogP) is 4.79. The topological polar surface area (TPSA) is 12.0 Å². The Kier molecular flexibility index (Phi) is 6.48. The zero-order valence-electron chi connectivity index (χ0n) is 12.4. The van der Waals surface area contributed by atoms with Crippen LogP contribution in [0.4, 0.5) is 4.39 Å². The standard InChI is InChI=1S/C16H25BrFN/c1-5-8-19-11-16(4,12(2)3)10-13-6-7-14(17)9-15(13)18/h6-7,9,12,19H,5,8,10-11H2,1-4H3. The van der Waals surface area contributed by atoms with Gasteiger partial charge in [-0.05, 0) is 48.4 Å². The van der Waals surface area contributed by atoms with Crippen molar-refractivity contribution >= 4 is 15.9 Å². The van der Waals surface area contributed by atoms with Crippen molar-refractivity contribution in [3.05, 3.63) is 34.1 Å². The minimum absolute atomic E-state index is 0.0733. The molecule has 0 aliphatic carbocycles. The van der Waals surface area contributed by atoms with Gasteiger partial charge in [0.05, 0.1) is 0 Å². The van der Waals surface area contributed by atoms with Crippen molar-refractivity contribution in [1.82, 2.24) is 5.32 Å². The van der Waals surface area contributed by atoms with Gasteiger partial charge in [-0.15, -0.1) is 0 Å². The first-order valence-corrected chi connectivity index (χ1v) is 7.83. The van der Waals surface area contributed by atoms with Gasteiger partial charge in [-0.25, -0.2) is 4.39 Å². The third kappa shape index (κ3) is 4.88. The molecule has 0 spiro atoms. The van der Waals surface area contributed by atoms with Crippen molar-refractivity contribution < 1.29 is 4.39 Å². The summed E-state index contributed by atoms with van der Waals surface area (Å²) in [6.45, 7) is 10.8. The summed E-state index contributed by atoms with van der Waals surface area (Å²) in [4.78, 5) is 0. The summed E-state index contributed by atoms with van der Waals surface area (Å²) >= 11 is 3.30. The van der Waals surface area contributed by atoms with Gasteiger partial charge in [-0.2, -0.15) is 0 Å². The maximum absolute atomic E-state index is 14.0.